The molecule has 2 aromatic rings. The van der Waals surface area contributed by atoms with Crippen molar-refractivity contribution in [2.24, 2.45) is 0 Å². The lowest BCUT2D eigenvalue weighted by molar-refractivity contribution is 0.103. The highest BCUT2D eigenvalue weighted by Gasteiger charge is 2.18. The Morgan fingerprint density at radius 2 is 1.96 bits per heavy atom. The van der Waals surface area contributed by atoms with Crippen LogP contribution in [0.25, 0.3) is 6.08 Å². The Bertz CT molecular complexity index is 831. The van der Waals surface area contributed by atoms with Gasteiger partial charge in [-0.15, -0.1) is 0 Å². The summed E-state index contributed by atoms with van der Waals surface area (Å²) >= 11 is 0. The van der Waals surface area contributed by atoms with Crippen molar-refractivity contribution in [3.8, 4) is 23.3 Å². The molecule has 1 heterocycles. The van der Waals surface area contributed by atoms with Crippen LogP contribution in [0.1, 0.15) is 22.8 Å². The summed E-state index contributed by atoms with van der Waals surface area (Å²) in [6, 6.07) is 14.1. The average molecular weight is 321 g/mol. The van der Waals surface area contributed by atoms with E-state index < -0.39 is 0 Å². The Balaban J connectivity index is 1.85. The number of nitriles is 1. The van der Waals surface area contributed by atoms with Crippen LogP contribution in [0.4, 0.5) is 0 Å². The minimum absolute atomic E-state index is 0.0537. The van der Waals surface area contributed by atoms with Crippen LogP contribution in [0.3, 0.4) is 0 Å². The second-order valence-corrected chi connectivity index (χ2v) is 5.07. The summed E-state index contributed by atoms with van der Waals surface area (Å²) < 4.78 is 15.9. The monoisotopic (exact) mass is 321 g/mol. The average Bonchev–Trinajstić information content (AvgIpc) is 3.08. The molecule has 0 atom stereocenters. The van der Waals surface area contributed by atoms with Gasteiger partial charge in [0.05, 0.1) is 6.61 Å². The van der Waals surface area contributed by atoms with Crippen molar-refractivity contribution in [1.29, 1.82) is 5.26 Å². The molecule has 0 bridgehead atoms. The van der Waals surface area contributed by atoms with Crippen LogP contribution < -0.4 is 14.2 Å². The summed E-state index contributed by atoms with van der Waals surface area (Å²) in [6.07, 6.45) is 1.56. The van der Waals surface area contributed by atoms with E-state index in [2.05, 4.69) is 0 Å². The first-order valence-corrected chi connectivity index (χ1v) is 7.50. The molecule has 0 aromatic heterocycles. The number of hydrogen-bond acceptors (Lipinski definition) is 5. The number of ether oxygens (including phenoxy) is 3. The highest BCUT2D eigenvalue weighted by atomic mass is 16.7. The van der Waals surface area contributed by atoms with Crippen molar-refractivity contribution in [2.45, 2.75) is 6.92 Å². The maximum atomic E-state index is 12.5. The predicted octanol–water partition coefficient (Wildman–Crippen LogP) is 3.60. The normalized spacial score (nSPS) is 12.6. The Morgan fingerprint density at radius 1 is 1.21 bits per heavy atom. The van der Waals surface area contributed by atoms with Crippen LogP contribution in [-0.4, -0.2) is 19.2 Å². The first kappa shape index (κ1) is 15.6. The number of carbonyl (C=O) groups is 1. The molecule has 1 aliphatic heterocycles. The van der Waals surface area contributed by atoms with Crippen LogP contribution in [0, 0.1) is 11.3 Å². The van der Waals surface area contributed by atoms with Crippen molar-refractivity contribution in [3.05, 3.63) is 59.2 Å². The minimum atomic E-state index is -0.357. The van der Waals surface area contributed by atoms with Crippen LogP contribution in [0.2, 0.25) is 0 Å². The van der Waals surface area contributed by atoms with Gasteiger partial charge in [0, 0.05) is 5.56 Å². The van der Waals surface area contributed by atoms with Gasteiger partial charge in [0.15, 0.2) is 11.5 Å². The number of Topliss-reactive ketones (excluding diaryl/α,β-unsaturated/α-hetero) is 1. The third-order valence-corrected chi connectivity index (χ3v) is 3.50. The number of benzene rings is 2. The summed E-state index contributed by atoms with van der Waals surface area (Å²) in [5.41, 5.74) is 1.19. The van der Waals surface area contributed by atoms with E-state index in [0.717, 1.165) is 11.3 Å². The molecule has 0 saturated carbocycles. The molecule has 0 radical (unpaired) electrons. The summed E-state index contributed by atoms with van der Waals surface area (Å²) in [6.45, 7) is 2.63. The Kier molecular flexibility index (Phi) is 4.48. The summed E-state index contributed by atoms with van der Waals surface area (Å²) in [4.78, 5) is 12.5. The largest absolute Gasteiger partial charge is 0.494 e. The van der Waals surface area contributed by atoms with Gasteiger partial charge in [-0.05, 0) is 48.9 Å². The zero-order valence-corrected chi connectivity index (χ0v) is 13.1. The molecule has 0 amide bonds. The molecule has 0 aliphatic carbocycles. The number of fused-ring (bicyclic) bond motifs is 1. The van der Waals surface area contributed by atoms with Crippen molar-refractivity contribution in [3.63, 3.8) is 0 Å². The molecule has 5 nitrogen and oxygen atoms in total. The van der Waals surface area contributed by atoms with Crippen molar-refractivity contribution in [1.82, 2.24) is 0 Å². The van der Waals surface area contributed by atoms with E-state index in [1.165, 1.54) is 0 Å². The van der Waals surface area contributed by atoms with Gasteiger partial charge in [-0.25, -0.2) is 0 Å². The second-order valence-electron chi connectivity index (χ2n) is 5.07. The van der Waals surface area contributed by atoms with Crippen LogP contribution in [0.5, 0.6) is 17.2 Å². The zero-order chi connectivity index (χ0) is 16.9. The van der Waals surface area contributed by atoms with Gasteiger partial charge in [0.2, 0.25) is 12.6 Å². The molecule has 0 N–H and O–H groups in total. The molecule has 0 unspecified atom stereocenters. The number of ketones is 1. The maximum Gasteiger partial charge on any atom is 0.231 e. The molecule has 5 heteroatoms. The molecule has 120 valence electrons. The van der Waals surface area contributed by atoms with Gasteiger partial charge in [-0.3, -0.25) is 4.79 Å². The van der Waals surface area contributed by atoms with E-state index in [9.17, 15) is 10.1 Å². The molecule has 0 spiro atoms. The number of carbonyl (C=O) groups excluding carboxylic acids is 1. The number of hydrogen-bond donors (Lipinski definition) is 0. The molecule has 1 aliphatic rings. The van der Waals surface area contributed by atoms with Gasteiger partial charge in [0.1, 0.15) is 17.4 Å². The summed E-state index contributed by atoms with van der Waals surface area (Å²) in [5, 5.41) is 9.33. The SMILES string of the molecule is CCOc1ccc(/C=C(/C#N)C(=O)c2ccc3c(c2)OCO3)cc1. The smallest absolute Gasteiger partial charge is 0.231 e. The topological polar surface area (TPSA) is 68.5 Å². The third-order valence-electron chi connectivity index (χ3n) is 3.50. The molecule has 0 saturated heterocycles. The lowest BCUT2D eigenvalue weighted by Gasteiger charge is -2.04. The number of nitrogens with zero attached hydrogens (tertiary/aromatic N) is 1. The molecule has 24 heavy (non-hydrogen) atoms. The minimum Gasteiger partial charge on any atom is -0.494 e. The van der Waals surface area contributed by atoms with E-state index in [4.69, 9.17) is 14.2 Å². The van der Waals surface area contributed by atoms with Crippen molar-refractivity contribution < 1.29 is 19.0 Å². The Morgan fingerprint density at radius 3 is 2.67 bits per heavy atom. The highest BCUT2D eigenvalue weighted by molar-refractivity contribution is 6.14. The number of allylic oxidation sites excluding steroid dienone is 1. The van der Waals surface area contributed by atoms with E-state index in [1.54, 1.807) is 48.5 Å². The van der Waals surface area contributed by atoms with Crippen LogP contribution in [-0.2, 0) is 0 Å². The maximum absolute atomic E-state index is 12.5. The lowest BCUT2D eigenvalue weighted by atomic mass is 10.0. The van der Waals surface area contributed by atoms with Gasteiger partial charge >= 0.3 is 0 Å². The zero-order valence-electron chi connectivity index (χ0n) is 13.1. The van der Waals surface area contributed by atoms with Crippen molar-refractivity contribution >= 4 is 11.9 Å². The fourth-order valence-electron chi connectivity index (χ4n) is 2.34. The van der Waals surface area contributed by atoms with Gasteiger partial charge < -0.3 is 14.2 Å². The van der Waals surface area contributed by atoms with Crippen LogP contribution >= 0.6 is 0 Å². The lowest BCUT2D eigenvalue weighted by Crippen LogP contribution is -2.02. The van der Waals surface area contributed by atoms with Crippen LogP contribution in [0.15, 0.2) is 48.0 Å². The van der Waals surface area contributed by atoms with E-state index >= 15 is 0 Å². The van der Waals surface area contributed by atoms with E-state index in [0.29, 0.717) is 23.7 Å². The molecule has 0 fully saturated rings. The quantitative estimate of drug-likeness (QED) is 0.478. The fraction of sp³-hybridized carbons (Fsp3) is 0.158. The first-order valence-electron chi connectivity index (χ1n) is 7.50. The van der Waals surface area contributed by atoms with Gasteiger partial charge in [0.25, 0.3) is 0 Å². The Hall–Kier alpha value is -3.26. The molecule has 2 aromatic carbocycles. The molecular formula is C19H15NO4. The molecular weight excluding hydrogens is 306 g/mol. The standard InChI is InChI=1S/C19H15NO4/c1-2-22-16-6-3-13(4-7-16)9-15(11-20)19(21)14-5-8-17-18(10-14)24-12-23-17/h3-10H,2,12H2,1H3/b15-9-. The fourth-order valence-corrected chi connectivity index (χ4v) is 2.34. The first-order chi connectivity index (χ1) is 11.7. The second kappa shape index (κ2) is 6.88. The van der Waals surface area contributed by atoms with Gasteiger partial charge in [-0.2, -0.15) is 5.26 Å². The van der Waals surface area contributed by atoms with E-state index in [1.807, 2.05) is 13.0 Å². The molecule has 3 rings (SSSR count). The predicted molar refractivity (Wildman–Crippen MR) is 88.1 cm³/mol. The highest BCUT2D eigenvalue weighted by Crippen LogP contribution is 2.33. The third kappa shape index (κ3) is 3.23. The van der Waals surface area contributed by atoms with E-state index in [-0.39, 0.29) is 18.1 Å². The van der Waals surface area contributed by atoms with Crippen molar-refractivity contribution in [2.75, 3.05) is 13.4 Å². The van der Waals surface area contributed by atoms with Gasteiger partial charge in [-0.1, -0.05) is 12.1 Å². The summed E-state index contributed by atoms with van der Waals surface area (Å²) in [5.74, 6) is 1.50. The number of rotatable bonds is 5. The summed E-state index contributed by atoms with van der Waals surface area (Å²) in [7, 11) is 0. The Labute approximate surface area is 139 Å².